The molecule has 0 saturated heterocycles. The summed E-state index contributed by atoms with van der Waals surface area (Å²) in [4.78, 5) is 12.4. The summed E-state index contributed by atoms with van der Waals surface area (Å²) in [6, 6.07) is 9.79. The number of carbonyl (C=O) groups is 1. The molecule has 1 N–H and O–H groups in total. The third-order valence-corrected chi connectivity index (χ3v) is 5.25. The normalized spacial score (nSPS) is 25.0. The van der Waals surface area contributed by atoms with Crippen molar-refractivity contribution in [1.29, 1.82) is 0 Å². The van der Waals surface area contributed by atoms with Gasteiger partial charge in [-0.2, -0.15) is 0 Å². The predicted molar refractivity (Wildman–Crippen MR) is 85.8 cm³/mol. The van der Waals surface area contributed by atoms with Gasteiger partial charge in [0.1, 0.15) is 0 Å². The summed E-state index contributed by atoms with van der Waals surface area (Å²) in [5.74, 6) is -0.506. The Morgan fingerprint density at radius 3 is 2.50 bits per heavy atom. The molecule has 0 spiro atoms. The molecule has 22 heavy (non-hydrogen) atoms. The van der Waals surface area contributed by atoms with Crippen molar-refractivity contribution in [3.8, 4) is 0 Å². The van der Waals surface area contributed by atoms with Gasteiger partial charge < -0.3 is 9.84 Å². The minimum Gasteiger partial charge on any atom is -0.481 e. The highest BCUT2D eigenvalue weighted by molar-refractivity contribution is 5.82. The van der Waals surface area contributed by atoms with Gasteiger partial charge in [0.25, 0.3) is 0 Å². The maximum atomic E-state index is 12.4. The number of benzene rings is 1. The van der Waals surface area contributed by atoms with Gasteiger partial charge in [-0.25, -0.2) is 0 Å². The monoisotopic (exact) mass is 300 g/mol. The second kappa shape index (κ2) is 6.66. The van der Waals surface area contributed by atoms with Crippen LogP contribution in [-0.4, -0.2) is 23.8 Å². The molecule has 0 amide bonds. The van der Waals surface area contributed by atoms with Gasteiger partial charge in [0.05, 0.1) is 18.1 Å². The predicted octanol–water partition coefficient (Wildman–Crippen LogP) is 3.93. The van der Waals surface area contributed by atoms with Gasteiger partial charge in [0, 0.05) is 0 Å². The molecule has 1 heterocycles. The molecule has 1 aliphatic heterocycles. The van der Waals surface area contributed by atoms with Crippen molar-refractivity contribution in [1.82, 2.24) is 0 Å². The lowest BCUT2D eigenvalue weighted by atomic mass is 9.62. The average Bonchev–Trinajstić information content (AvgIpc) is 3.07. The molecule has 1 saturated carbocycles. The topological polar surface area (TPSA) is 46.5 Å². The molecule has 1 aliphatic carbocycles. The Balaban J connectivity index is 2.00. The first kappa shape index (κ1) is 15.3. The highest BCUT2D eigenvalue weighted by Gasteiger charge is 2.48. The average molecular weight is 300 g/mol. The molecule has 0 aromatic heterocycles. The summed E-state index contributed by atoms with van der Waals surface area (Å²) in [7, 11) is 0. The number of hydrogen-bond donors (Lipinski definition) is 1. The van der Waals surface area contributed by atoms with Crippen LogP contribution in [-0.2, 0) is 14.9 Å². The van der Waals surface area contributed by atoms with Gasteiger partial charge in [-0.1, -0.05) is 61.7 Å². The highest BCUT2D eigenvalue weighted by Crippen LogP contribution is 2.45. The van der Waals surface area contributed by atoms with E-state index in [4.69, 9.17) is 4.74 Å². The number of carboxylic acid groups (broad SMARTS) is 1. The van der Waals surface area contributed by atoms with Crippen LogP contribution in [0.4, 0.5) is 0 Å². The lowest BCUT2D eigenvalue weighted by Crippen LogP contribution is -2.46. The van der Waals surface area contributed by atoms with E-state index in [1.807, 2.05) is 42.5 Å². The van der Waals surface area contributed by atoms with E-state index in [1.54, 1.807) is 0 Å². The van der Waals surface area contributed by atoms with Crippen molar-refractivity contribution in [3.05, 3.63) is 48.0 Å². The maximum absolute atomic E-state index is 12.4. The van der Waals surface area contributed by atoms with Crippen LogP contribution in [0.15, 0.2) is 42.5 Å². The molecular formula is C19H24O3. The fraction of sp³-hybridized carbons (Fsp3) is 0.526. The highest BCUT2D eigenvalue weighted by atomic mass is 16.5. The number of carboxylic acids is 1. The van der Waals surface area contributed by atoms with Gasteiger partial charge in [-0.3, -0.25) is 4.79 Å². The van der Waals surface area contributed by atoms with E-state index in [1.165, 1.54) is 6.42 Å². The maximum Gasteiger partial charge on any atom is 0.314 e. The van der Waals surface area contributed by atoms with Gasteiger partial charge in [0.15, 0.2) is 0 Å². The quantitative estimate of drug-likeness (QED) is 0.838. The fourth-order valence-corrected chi connectivity index (χ4v) is 4.12. The van der Waals surface area contributed by atoms with Crippen LogP contribution in [0, 0.1) is 5.92 Å². The molecule has 3 rings (SSSR count). The summed E-state index contributed by atoms with van der Waals surface area (Å²) in [6.07, 6.45) is 9.94. The van der Waals surface area contributed by atoms with Gasteiger partial charge in [-0.15, -0.1) is 0 Å². The van der Waals surface area contributed by atoms with E-state index >= 15 is 0 Å². The van der Waals surface area contributed by atoms with Crippen molar-refractivity contribution in [2.75, 3.05) is 6.61 Å². The zero-order chi connectivity index (χ0) is 15.4. The molecule has 2 aliphatic rings. The Kier molecular flexibility index (Phi) is 4.63. The van der Waals surface area contributed by atoms with E-state index < -0.39 is 11.4 Å². The summed E-state index contributed by atoms with van der Waals surface area (Å²) in [5.41, 5.74) is 0.0967. The van der Waals surface area contributed by atoms with Crippen molar-refractivity contribution in [2.24, 2.45) is 5.92 Å². The minimum absolute atomic E-state index is 0.0850. The number of ether oxygens (including phenoxy) is 1. The van der Waals surface area contributed by atoms with Crippen LogP contribution in [0.25, 0.3) is 0 Å². The Hall–Kier alpha value is -1.61. The van der Waals surface area contributed by atoms with E-state index in [2.05, 4.69) is 0 Å². The lowest BCUT2D eigenvalue weighted by Gasteiger charge is -2.41. The van der Waals surface area contributed by atoms with E-state index in [0.29, 0.717) is 13.0 Å². The van der Waals surface area contributed by atoms with Crippen LogP contribution < -0.4 is 0 Å². The number of hydrogen-bond acceptors (Lipinski definition) is 2. The molecule has 0 radical (unpaired) electrons. The number of aliphatic carboxylic acids is 1. The third kappa shape index (κ3) is 2.82. The molecule has 1 fully saturated rings. The molecule has 3 heteroatoms. The lowest BCUT2D eigenvalue weighted by molar-refractivity contribution is -0.148. The standard InChI is InChI=1S/C19H24O3/c20-18(21)19(14-17-12-7-13-22-17,15-8-3-1-4-9-15)16-10-5-2-6-11-16/h1,3-4,7-9,12,16-17H,2,5-6,10-11,13-14H2,(H,20,21). The zero-order valence-corrected chi connectivity index (χ0v) is 12.9. The number of rotatable bonds is 5. The second-order valence-electron chi connectivity index (χ2n) is 6.48. The Labute approximate surface area is 132 Å². The molecule has 2 unspecified atom stereocenters. The Morgan fingerprint density at radius 1 is 1.18 bits per heavy atom. The van der Waals surface area contributed by atoms with Gasteiger partial charge in [0.2, 0.25) is 0 Å². The van der Waals surface area contributed by atoms with Crippen LogP contribution in [0.3, 0.4) is 0 Å². The molecule has 2 atom stereocenters. The van der Waals surface area contributed by atoms with Crippen molar-refractivity contribution in [2.45, 2.75) is 50.0 Å². The van der Waals surface area contributed by atoms with Crippen LogP contribution in [0.5, 0.6) is 0 Å². The summed E-state index contributed by atoms with van der Waals surface area (Å²) < 4.78 is 5.70. The van der Waals surface area contributed by atoms with Crippen molar-refractivity contribution < 1.29 is 14.6 Å². The zero-order valence-electron chi connectivity index (χ0n) is 12.9. The largest absolute Gasteiger partial charge is 0.481 e. The van der Waals surface area contributed by atoms with Gasteiger partial charge in [-0.05, 0) is 30.7 Å². The molecule has 1 aromatic carbocycles. The minimum atomic E-state index is -0.832. The summed E-state index contributed by atoms with van der Waals surface area (Å²) in [6.45, 7) is 0.597. The van der Waals surface area contributed by atoms with Gasteiger partial charge >= 0.3 is 5.97 Å². The van der Waals surface area contributed by atoms with Crippen LogP contribution in [0.1, 0.15) is 44.1 Å². The van der Waals surface area contributed by atoms with E-state index in [9.17, 15) is 9.90 Å². The first-order valence-corrected chi connectivity index (χ1v) is 8.30. The van der Waals surface area contributed by atoms with E-state index in [-0.39, 0.29) is 12.0 Å². The van der Waals surface area contributed by atoms with Crippen molar-refractivity contribution in [3.63, 3.8) is 0 Å². The molecule has 118 valence electrons. The summed E-state index contributed by atoms with van der Waals surface area (Å²) in [5, 5.41) is 10.2. The summed E-state index contributed by atoms with van der Waals surface area (Å²) >= 11 is 0. The first-order chi connectivity index (χ1) is 10.7. The molecular weight excluding hydrogens is 276 g/mol. The Bertz CT molecular complexity index is 531. The second-order valence-corrected chi connectivity index (χ2v) is 6.48. The Morgan fingerprint density at radius 2 is 1.91 bits per heavy atom. The first-order valence-electron chi connectivity index (χ1n) is 8.30. The smallest absolute Gasteiger partial charge is 0.314 e. The van der Waals surface area contributed by atoms with Crippen molar-refractivity contribution >= 4 is 5.97 Å². The van der Waals surface area contributed by atoms with E-state index in [0.717, 1.165) is 31.2 Å². The molecule has 3 nitrogen and oxygen atoms in total. The third-order valence-electron chi connectivity index (χ3n) is 5.25. The molecule has 0 bridgehead atoms. The fourth-order valence-electron chi connectivity index (χ4n) is 4.12. The van der Waals surface area contributed by atoms with Crippen LogP contribution >= 0.6 is 0 Å². The molecule has 1 aromatic rings. The SMILES string of the molecule is O=C(O)C(CC1C=CCO1)(c1ccccc1)C1CCCCC1. The van der Waals surface area contributed by atoms with Crippen LogP contribution in [0.2, 0.25) is 0 Å².